The number of benzene rings is 2. The first-order chi connectivity index (χ1) is 14.3. The minimum Gasteiger partial charge on any atom is -0.451 e. The summed E-state index contributed by atoms with van der Waals surface area (Å²) in [5.74, 6) is -0.230. The van der Waals surface area contributed by atoms with E-state index in [1.165, 1.54) is 0 Å². The highest BCUT2D eigenvalue weighted by Gasteiger charge is 2.14. The Labute approximate surface area is 191 Å². The number of hydrogen-bond donors (Lipinski definition) is 1. The summed E-state index contributed by atoms with van der Waals surface area (Å²) < 4.78 is 8.51. The molecule has 2 aromatic heterocycles. The van der Waals surface area contributed by atoms with Gasteiger partial charge in [0.25, 0.3) is 0 Å². The van der Waals surface area contributed by atoms with E-state index in [1.54, 1.807) is 30.5 Å². The Kier molecular flexibility index (Phi) is 5.73. The van der Waals surface area contributed by atoms with Crippen LogP contribution in [0.1, 0.15) is 27.5 Å². The molecule has 0 unspecified atom stereocenters. The van der Waals surface area contributed by atoms with Gasteiger partial charge in [0.2, 0.25) is 0 Å². The molecule has 0 bridgehead atoms. The van der Waals surface area contributed by atoms with Crippen molar-refractivity contribution in [1.82, 2.24) is 9.99 Å². The Morgan fingerprint density at radius 3 is 2.70 bits per heavy atom. The zero-order valence-corrected chi connectivity index (χ0v) is 19.1. The number of nitrogens with one attached hydrogen (secondary N) is 1. The van der Waals surface area contributed by atoms with Gasteiger partial charge in [0.1, 0.15) is 5.58 Å². The smallest absolute Gasteiger partial charge is 0.307 e. The molecule has 4 rings (SSSR count). The number of carbonyl (C=O) groups is 1. The molecule has 0 aliphatic heterocycles. The molecule has 0 saturated heterocycles. The van der Waals surface area contributed by atoms with Crippen molar-refractivity contribution in [1.29, 1.82) is 0 Å². The second kappa shape index (κ2) is 8.30. The van der Waals surface area contributed by atoms with Crippen LogP contribution in [0.2, 0.25) is 10.0 Å². The average molecular weight is 505 g/mol. The monoisotopic (exact) mass is 503 g/mol. The van der Waals surface area contributed by atoms with Gasteiger partial charge in [0.05, 0.1) is 16.9 Å². The fraction of sp³-hybridized carbons (Fsp3) is 0.0909. The number of amides is 1. The van der Waals surface area contributed by atoms with E-state index < -0.39 is 5.91 Å². The lowest BCUT2D eigenvalue weighted by Crippen LogP contribution is -2.16. The molecule has 2 aromatic carbocycles. The molecule has 1 N–H and O–H groups in total. The third kappa shape index (κ3) is 4.03. The average Bonchev–Trinajstić information content (AvgIpc) is 3.23. The van der Waals surface area contributed by atoms with Crippen molar-refractivity contribution in [3.8, 4) is 5.69 Å². The molecule has 0 spiro atoms. The maximum absolute atomic E-state index is 12.4. The molecule has 0 aliphatic rings. The van der Waals surface area contributed by atoms with Gasteiger partial charge in [-0.05, 0) is 62.4 Å². The number of carbonyl (C=O) groups excluding carboxylic acids is 1. The fourth-order valence-electron chi connectivity index (χ4n) is 3.29. The molecule has 0 saturated carbocycles. The lowest BCUT2D eigenvalue weighted by atomic mass is 10.2. The summed E-state index contributed by atoms with van der Waals surface area (Å²) in [5, 5.41) is 6.06. The number of aryl methyl sites for hydroxylation is 1. The molecule has 8 heteroatoms. The topological polar surface area (TPSA) is 59.5 Å². The normalized spacial score (nSPS) is 11.5. The van der Waals surface area contributed by atoms with Crippen molar-refractivity contribution in [3.63, 3.8) is 0 Å². The van der Waals surface area contributed by atoms with Crippen molar-refractivity contribution >= 4 is 62.2 Å². The van der Waals surface area contributed by atoms with Gasteiger partial charge in [0.15, 0.2) is 5.76 Å². The fourth-order valence-corrected chi connectivity index (χ4v) is 4.17. The number of furan rings is 1. The Hall–Kier alpha value is -2.54. The van der Waals surface area contributed by atoms with Crippen LogP contribution in [0.25, 0.3) is 16.7 Å². The molecule has 0 fully saturated rings. The summed E-state index contributed by atoms with van der Waals surface area (Å²) in [5.41, 5.74) is 6.74. The van der Waals surface area contributed by atoms with Crippen LogP contribution in [-0.4, -0.2) is 16.7 Å². The number of hydrogen-bond acceptors (Lipinski definition) is 3. The Morgan fingerprint density at radius 2 is 1.93 bits per heavy atom. The first-order valence-electron chi connectivity index (χ1n) is 9.00. The van der Waals surface area contributed by atoms with Gasteiger partial charge < -0.3 is 8.98 Å². The van der Waals surface area contributed by atoms with E-state index in [9.17, 15) is 4.79 Å². The van der Waals surface area contributed by atoms with Crippen LogP contribution < -0.4 is 5.43 Å². The molecule has 4 aromatic rings. The van der Waals surface area contributed by atoms with Crippen molar-refractivity contribution in [2.45, 2.75) is 13.8 Å². The lowest BCUT2D eigenvalue weighted by Gasteiger charge is -2.11. The molecule has 0 radical (unpaired) electrons. The highest BCUT2D eigenvalue weighted by molar-refractivity contribution is 9.10. The van der Waals surface area contributed by atoms with E-state index >= 15 is 0 Å². The van der Waals surface area contributed by atoms with E-state index in [0.717, 1.165) is 32.5 Å². The predicted molar refractivity (Wildman–Crippen MR) is 124 cm³/mol. The number of hydrazone groups is 1. The van der Waals surface area contributed by atoms with Gasteiger partial charge in [-0.2, -0.15) is 5.10 Å². The van der Waals surface area contributed by atoms with Gasteiger partial charge in [0, 0.05) is 31.8 Å². The van der Waals surface area contributed by atoms with Crippen LogP contribution in [0.4, 0.5) is 0 Å². The lowest BCUT2D eigenvalue weighted by molar-refractivity contribution is 0.0929. The molecular formula is C22H16BrCl2N3O2. The van der Waals surface area contributed by atoms with Crippen LogP contribution in [-0.2, 0) is 0 Å². The van der Waals surface area contributed by atoms with Crippen LogP contribution in [0.5, 0.6) is 0 Å². The van der Waals surface area contributed by atoms with Gasteiger partial charge in [-0.15, -0.1) is 0 Å². The largest absolute Gasteiger partial charge is 0.451 e. The Morgan fingerprint density at radius 1 is 1.13 bits per heavy atom. The van der Waals surface area contributed by atoms with Crippen LogP contribution in [0.15, 0.2) is 62.5 Å². The molecule has 0 atom stereocenters. The molecule has 152 valence electrons. The van der Waals surface area contributed by atoms with Crippen molar-refractivity contribution in [3.05, 3.63) is 85.8 Å². The van der Waals surface area contributed by atoms with Crippen molar-refractivity contribution in [2.24, 2.45) is 5.10 Å². The number of halogens is 3. The van der Waals surface area contributed by atoms with Crippen molar-refractivity contribution in [2.75, 3.05) is 0 Å². The van der Waals surface area contributed by atoms with Gasteiger partial charge in [-0.3, -0.25) is 4.79 Å². The summed E-state index contributed by atoms with van der Waals surface area (Å²) in [6, 6.07) is 14.6. The van der Waals surface area contributed by atoms with Crippen molar-refractivity contribution < 1.29 is 9.21 Å². The van der Waals surface area contributed by atoms with Gasteiger partial charge in [-0.1, -0.05) is 39.1 Å². The Balaban J connectivity index is 1.54. The maximum atomic E-state index is 12.4. The molecular weight excluding hydrogens is 489 g/mol. The number of rotatable bonds is 4. The minimum absolute atomic E-state index is 0.193. The summed E-state index contributed by atoms with van der Waals surface area (Å²) in [6.45, 7) is 3.93. The zero-order chi connectivity index (χ0) is 21.4. The maximum Gasteiger partial charge on any atom is 0.307 e. The van der Waals surface area contributed by atoms with E-state index in [1.807, 2.05) is 42.7 Å². The van der Waals surface area contributed by atoms with Gasteiger partial charge in [-0.25, -0.2) is 5.43 Å². The first-order valence-corrected chi connectivity index (χ1v) is 10.6. The third-order valence-corrected chi connectivity index (χ3v) is 5.72. The SMILES string of the molecule is Cc1cc(/C=N/NC(=O)c2cc3cc(Br)ccc3o2)c(C)n1-c1ccc(Cl)cc1Cl. The summed E-state index contributed by atoms with van der Waals surface area (Å²) in [6.07, 6.45) is 1.60. The summed E-state index contributed by atoms with van der Waals surface area (Å²) in [7, 11) is 0. The van der Waals surface area contributed by atoms with Crippen LogP contribution in [0.3, 0.4) is 0 Å². The number of aromatic nitrogens is 1. The standard InChI is InChI=1S/C22H16BrCl2N3O2/c1-12-7-15(13(2)28(12)19-5-4-17(24)10-18(19)25)11-26-27-22(29)21-9-14-8-16(23)3-6-20(14)30-21/h3-11H,1-2H3,(H,27,29)/b26-11+. The molecule has 0 aliphatic carbocycles. The highest BCUT2D eigenvalue weighted by atomic mass is 79.9. The van der Waals surface area contributed by atoms with E-state index in [4.69, 9.17) is 27.6 Å². The van der Waals surface area contributed by atoms with E-state index in [-0.39, 0.29) is 5.76 Å². The molecule has 5 nitrogen and oxygen atoms in total. The van der Waals surface area contributed by atoms with Crippen LogP contribution >= 0.6 is 39.1 Å². The zero-order valence-electron chi connectivity index (χ0n) is 16.0. The highest BCUT2D eigenvalue weighted by Crippen LogP contribution is 2.28. The second-order valence-corrected chi connectivity index (χ2v) is 8.51. The minimum atomic E-state index is -0.423. The second-order valence-electron chi connectivity index (χ2n) is 6.75. The summed E-state index contributed by atoms with van der Waals surface area (Å²) >= 11 is 15.8. The van der Waals surface area contributed by atoms with Crippen LogP contribution in [0, 0.1) is 13.8 Å². The summed E-state index contributed by atoms with van der Waals surface area (Å²) in [4.78, 5) is 12.4. The molecule has 2 heterocycles. The molecule has 1 amide bonds. The Bertz CT molecular complexity index is 1310. The van der Waals surface area contributed by atoms with E-state index in [0.29, 0.717) is 15.6 Å². The number of nitrogens with zero attached hydrogens (tertiary/aromatic N) is 2. The molecule has 30 heavy (non-hydrogen) atoms. The number of fused-ring (bicyclic) bond motifs is 1. The van der Waals surface area contributed by atoms with E-state index in [2.05, 4.69) is 26.5 Å². The van der Waals surface area contributed by atoms with Gasteiger partial charge >= 0.3 is 5.91 Å². The predicted octanol–water partition coefficient (Wildman–Crippen LogP) is 6.67. The quantitative estimate of drug-likeness (QED) is 0.249. The first kappa shape index (κ1) is 20.7. The third-order valence-electron chi connectivity index (χ3n) is 4.69.